The smallest absolute Gasteiger partial charge is 0.255 e. The van der Waals surface area contributed by atoms with Crippen LogP contribution in [0.3, 0.4) is 0 Å². The number of halogens is 4. The lowest BCUT2D eigenvalue weighted by atomic mass is 10.1. The van der Waals surface area contributed by atoms with E-state index in [1.165, 1.54) is 12.3 Å². The lowest BCUT2D eigenvalue weighted by Crippen LogP contribution is -2.04. The van der Waals surface area contributed by atoms with Crippen molar-refractivity contribution in [3.8, 4) is 0 Å². The highest BCUT2D eigenvalue weighted by Gasteiger charge is 2.30. The molecule has 0 aliphatic heterocycles. The van der Waals surface area contributed by atoms with E-state index in [0.29, 0.717) is 15.9 Å². The molecule has 84 valence electrons. The normalized spacial score (nSPS) is 12.1. The van der Waals surface area contributed by atoms with E-state index in [1.807, 2.05) is 0 Å². The molecule has 2 aromatic rings. The zero-order valence-corrected chi connectivity index (χ0v) is 9.02. The van der Waals surface area contributed by atoms with E-state index >= 15 is 0 Å². The molecule has 0 bridgehead atoms. The van der Waals surface area contributed by atoms with Gasteiger partial charge >= 0.3 is 6.18 Å². The fourth-order valence-corrected chi connectivity index (χ4v) is 1.63. The van der Waals surface area contributed by atoms with Crippen molar-refractivity contribution >= 4 is 22.5 Å². The summed E-state index contributed by atoms with van der Waals surface area (Å²) >= 11 is 5.83. The number of aryl methyl sites for hydroxylation is 1. The predicted molar refractivity (Wildman–Crippen MR) is 56.5 cm³/mol. The molecule has 0 spiro atoms. The molecule has 1 nitrogen and oxygen atoms in total. The number of alkyl halides is 3. The molecule has 0 saturated carbocycles. The van der Waals surface area contributed by atoms with Crippen LogP contribution in [0.25, 0.3) is 10.9 Å². The largest absolute Gasteiger partial charge is 0.416 e. The Labute approximate surface area is 94.9 Å². The standard InChI is InChI=1S/C11H7ClF3N/c1-6-8-3-2-7(11(13,14)15)4-10(8)16-5-9(6)12/h2-5H,1H3. The molecular weight excluding hydrogens is 239 g/mol. The number of benzene rings is 1. The van der Waals surface area contributed by atoms with Crippen LogP contribution in [0.4, 0.5) is 13.2 Å². The molecule has 0 N–H and O–H groups in total. The van der Waals surface area contributed by atoms with E-state index in [0.717, 1.165) is 17.7 Å². The van der Waals surface area contributed by atoms with Gasteiger partial charge in [0.1, 0.15) is 0 Å². The molecule has 1 aromatic heterocycles. The molecule has 0 amide bonds. The monoisotopic (exact) mass is 245 g/mol. The number of hydrogen-bond acceptors (Lipinski definition) is 1. The minimum Gasteiger partial charge on any atom is -0.255 e. The summed E-state index contributed by atoms with van der Waals surface area (Å²) in [5.74, 6) is 0. The second-order valence-electron chi connectivity index (χ2n) is 3.46. The lowest BCUT2D eigenvalue weighted by molar-refractivity contribution is -0.137. The van der Waals surface area contributed by atoms with Gasteiger partial charge in [0.05, 0.1) is 16.1 Å². The van der Waals surface area contributed by atoms with Crippen LogP contribution in [-0.4, -0.2) is 4.98 Å². The average Bonchev–Trinajstić information content (AvgIpc) is 2.22. The first kappa shape index (κ1) is 11.2. The maximum absolute atomic E-state index is 12.4. The number of aromatic nitrogens is 1. The van der Waals surface area contributed by atoms with E-state index in [-0.39, 0.29) is 0 Å². The van der Waals surface area contributed by atoms with Crippen LogP contribution in [0.1, 0.15) is 11.1 Å². The Morgan fingerprint density at radius 3 is 2.56 bits per heavy atom. The number of pyridine rings is 1. The van der Waals surface area contributed by atoms with Crippen LogP contribution in [0.5, 0.6) is 0 Å². The van der Waals surface area contributed by atoms with Crippen molar-refractivity contribution in [1.82, 2.24) is 4.98 Å². The Kier molecular flexibility index (Phi) is 2.54. The zero-order chi connectivity index (χ0) is 11.9. The summed E-state index contributed by atoms with van der Waals surface area (Å²) in [6.45, 7) is 1.75. The van der Waals surface area contributed by atoms with Gasteiger partial charge < -0.3 is 0 Å². The van der Waals surface area contributed by atoms with Crippen LogP contribution >= 0.6 is 11.6 Å². The van der Waals surface area contributed by atoms with E-state index < -0.39 is 11.7 Å². The van der Waals surface area contributed by atoms with Gasteiger partial charge in [0.25, 0.3) is 0 Å². The van der Waals surface area contributed by atoms with Crippen molar-refractivity contribution in [1.29, 1.82) is 0 Å². The summed E-state index contributed by atoms with van der Waals surface area (Å²) in [6.07, 6.45) is -2.98. The van der Waals surface area contributed by atoms with Crippen molar-refractivity contribution in [2.75, 3.05) is 0 Å². The van der Waals surface area contributed by atoms with Gasteiger partial charge in [-0.15, -0.1) is 0 Å². The lowest BCUT2D eigenvalue weighted by Gasteiger charge is -2.08. The Morgan fingerprint density at radius 2 is 1.94 bits per heavy atom. The van der Waals surface area contributed by atoms with Crippen molar-refractivity contribution in [3.63, 3.8) is 0 Å². The summed E-state index contributed by atoms with van der Waals surface area (Å²) in [5, 5.41) is 1.09. The minimum absolute atomic E-state index is 0.303. The third kappa shape index (κ3) is 1.85. The van der Waals surface area contributed by atoms with Crippen molar-refractivity contribution < 1.29 is 13.2 Å². The Morgan fingerprint density at radius 1 is 1.25 bits per heavy atom. The van der Waals surface area contributed by atoms with Crippen LogP contribution in [0.2, 0.25) is 5.02 Å². The van der Waals surface area contributed by atoms with Gasteiger partial charge in [-0.25, -0.2) is 0 Å². The Hall–Kier alpha value is -1.29. The second kappa shape index (κ2) is 3.63. The highest BCUT2D eigenvalue weighted by atomic mass is 35.5. The van der Waals surface area contributed by atoms with E-state index in [9.17, 15) is 13.2 Å². The minimum atomic E-state index is -4.34. The molecule has 0 atom stereocenters. The zero-order valence-electron chi connectivity index (χ0n) is 8.27. The van der Waals surface area contributed by atoms with Crippen LogP contribution in [0.15, 0.2) is 24.4 Å². The summed E-state index contributed by atoms with van der Waals surface area (Å²) in [5.41, 5.74) is 0.339. The Bertz CT molecular complexity index is 549. The molecule has 0 radical (unpaired) electrons. The third-order valence-electron chi connectivity index (χ3n) is 2.40. The first-order valence-corrected chi connectivity index (χ1v) is 4.89. The third-order valence-corrected chi connectivity index (χ3v) is 2.79. The quantitative estimate of drug-likeness (QED) is 0.677. The predicted octanol–water partition coefficient (Wildman–Crippen LogP) is 4.22. The maximum atomic E-state index is 12.4. The molecule has 1 heterocycles. The number of fused-ring (bicyclic) bond motifs is 1. The summed E-state index contributed by atoms with van der Waals surface area (Å²) in [6, 6.07) is 3.46. The van der Waals surface area contributed by atoms with Gasteiger partial charge in [-0.3, -0.25) is 4.98 Å². The van der Waals surface area contributed by atoms with Crippen LogP contribution in [0, 0.1) is 6.92 Å². The fourth-order valence-electron chi connectivity index (χ4n) is 1.48. The maximum Gasteiger partial charge on any atom is 0.416 e. The molecule has 0 fully saturated rings. The number of rotatable bonds is 0. The molecule has 5 heteroatoms. The molecule has 1 aromatic carbocycles. The van der Waals surface area contributed by atoms with Crippen LogP contribution in [-0.2, 0) is 6.18 Å². The van der Waals surface area contributed by atoms with Gasteiger partial charge in [-0.05, 0) is 24.6 Å². The summed E-state index contributed by atoms with van der Waals surface area (Å²) in [7, 11) is 0. The van der Waals surface area contributed by atoms with E-state index in [4.69, 9.17) is 11.6 Å². The SMILES string of the molecule is Cc1c(Cl)cnc2cc(C(F)(F)F)ccc12. The van der Waals surface area contributed by atoms with Gasteiger partial charge in [0.15, 0.2) is 0 Å². The first-order chi connectivity index (χ1) is 7.39. The topological polar surface area (TPSA) is 12.9 Å². The number of nitrogens with zero attached hydrogens (tertiary/aromatic N) is 1. The van der Waals surface area contributed by atoms with Crippen molar-refractivity contribution in [2.24, 2.45) is 0 Å². The van der Waals surface area contributed by atoms with Gasteiger partial charge in [0, 0.05) is 11.6 Å². The Balaban J connectivity index is 2.70. The summed E-state index contributed by atoms with van der Waals surface area (Å²) < 4.78 is 37.3. The van der Waals surface area contributed by atoms with Gasteiger partial charge in [-0.2, -0.15) is 13.2 Å². The molecule has 0 aliphatic carbocycles. The molecular formula is C11H7ClF3N. The highest BCUT2D eigenvalue weighted by Crippen LogP contribution is 2.32. The molecule has 0 unspecified atom stereocenters. The molecule has 2 rings (SSSR count). The molecule has 16 heavy (non-hydrogen) atoms. The van der Waals surface area contributed by atoms with Crippen molar-refractivity contribution in [2.45, 2.75) is 13.1 Å². The fraction of sp³-hybridized carbons (Fsp3) is 0.182. The first-order valence-electron chi connectivity index (χ1n) is 4.51. The number of hydrogen-bond donors (Lipinski definition) is 0. The second-order valence-corrected chi connectivity index (χ2v) is 3.87. The van der Waals surface area contributed by atoms with Crippen molar-refractivity contribution in [3.05, 3.63) is 40.5 Å². The average molecular weight is 246 g/mol. The van der Waals surface area contributed by atoms with Gasteiger partial charge in [-0.1, -0.05) is 17.7 Å². The van der Waals surface area contributed by atoms with E-state index in [2.05, 4.69) is 4.98 Å². The van der Waals surface area contributed by atoms with Crippen LogP contribution < -0.4 is 0 Å². The summed E-state index contributed by atoms with van der Waals surface area (Å²) in [4.78, 5) is 3.88. The van der Waals surface area contributed by atoms with Gasteiger partial charge in [0.2, 0.25) is 0 Å². The highest BCUT2D eigenvalue weighted by molar-refractivity contribution is 6.32. The molecule has 0 saturated heterocycles. The molecule has 0 aliphatic rings. The van der Waals surface area contributed by atoms with E-state index in [1.54, 1.807) is 6.92 Å².